The zero-order valence-electron chi connectivity index (χ0n) is 18.2. The number of methoxy groups -OCH3 is 1. The first-order chi connectivity index (χ1) is 15.6. The molecule has 1 aromatic heterocycles. The highest BCUT2D eigenvalue weighted by Gasteiger charge is 2.28. The summed E-state index contributed by atoms with van der Waals surface area (Å²) >= 11 is 13.8. The molecule has 4 rings (SSSR count). The van der Waals surface area contributed by atoms with E-state index in [1.807, 2.05) is 38.1 Å². The molecule has 8 heteroatoms. The maximum atomic E-state index is 12.0. The van der Waals surface area contributed by atoms with Gasteiger partial charge in [0, 0.05) is 41.9 Å². The Labute approximate surface area is 226 Å². The maximum Gasteiger partial charge on any atom is 0.167 e. The van der Waals surface area contributed by atoms with Gasteiger partial charge in [-0.3, -0.25) is 4.79 Å². The molecule has 0 fully saturated rings. The number of hydrogen-bond donors (Lipinski definition) is 1. The number of hydrogen-bond acceptors (Lipinski definition) is 4. The Kier molecular flexibility index (Phi) is 9.20. The minimum atomic E-state index is -0.738. The van der Waals surface area contributed by atoms with Crippen LogP contribution in [-0.2, 0) is 9.53 Å². The van der Waals surface area contributed by atoms with Crippen LogP contribution < -0.4 is 0 Å². The van der Waals surface area contributed by atoms with Gasteiger partial charge in [-0.1, -0.05) is 63.7 Å². The monoisotopic (exact) mass is 702 g/mol. The summed E-state index contributed by atoms with van der Waals surface area (Å²) in [6, 6.07) is 11.4. The van der Waals surface area contributed by atoms with Crippen LogP contribution in [0.15, 0.2) is 70.7 Å². The van der Waals surface area contributed by atoms with Gasteiger partial charge in [-0.2, -0.15) is 0 Å². The zero-order valence-corrected chi connectivity index (χ0v) is 24.6. The molecule has 1 heterocycles. The highest BCUT2D eigenvalue weighted by atomic mass is 79.9. The lowest BCUT2D eigenvalue weighted by Gasteiger charge is -2.14. The molecule has 0 aliphatic heterocycles. The van der Waals surface area contributed by atoms with Crippen molar-refractivity contribution in [2.45, 2.75) is 32.8 Å². The molecule has 1 unspecified atom stereocenters. The van der Waals surface area contributed by atoms with Crippen molar-refractivity contribution < 1.29 is 19.1 Å². The molecular weight excluding hydrogens is 684 g/mol. The lowest BCUT2D eigenvalue weighted by Crippen LogP contribution is -2.02. The molecule has 3 aromatic rings. The van der Waals surface area contributed by atoms with Crippen molar-refractivity contribution in [2.75, 3.05) is 7.11 Å². The number of carbonyl (C=O) groups is 1. The summed E-state index contributed by atoms with van der Waals surface area (Å²) in [4.78, 5) is 12.0. The SMILES string of the molecule is COC1=C(c2c(C)cc(Br)cc2Br)C(=O)CC1.Cc1cc(Br)cc(Br)c1C(O)c1ccco1. The van der Waals surface area contributed by atoms with Crippen LogP contribution in [0.3, 0.4) is 0 Å². The van der Waals surface area contributed by atoms with Gasteiger partial charge in [0.25, 0.3) is 0 Å². The number of halogens is 4. The fraction of sp³-hybridized carbons (Fsp3) is 0.240. The van der Waals surface area contributed by atoms with Crippen LogP contribution in [0.2, 0.25) is 0 Å². The summed E-state index contributed by atoms with van der Waals surface area (Å²) < 4.78 is 14.3. The minimum Gasteiger partial charge on any atom is -0.500 e. The first kappa shape index (κ1) is 26.4. The Morgan fingerprint density at radius 3 is 2.15 bits per heavy atom. The Hall–Kier alpha value is -1.19. The zero-order chi connectivity index (χ0) is 24.3. The van der Waals surface area contributed by atoms with E-state index in [4.69, 9.17) is 9.15 Å². The number of furan rings is 1. The molecule has 0 amide bonds. The van der Waals surface area contributed by atoms with E-state index in [9.17, 15) is 9.90 Å². The molecule has 1 aliphatic carbocycles. The Bertz CT molecular complexity index is 1150. The van der Waals surface area contributed by atoms with Crippen molar-refractivity contribution in [3.63, 3.8) is 0 Å². The van der Waals surface area contributed by atoms with Crippen LogP contribution >= 0.6 is 63.7 Å². The molecule has 1 atom stereocenters. The Morgan fingerprint density at radius 2 is 1.61 bits per heavy atom. The second-order valence-corrected chi connectivity index (χ2v) is 11.1. The van der Waals surface area contributed by atoms with Gasteiger partial charge in [-0.15, -0.1) is 0 Å². The van der Waals surface area contributed by atoms with E-state index >= 15 is 0 Å². The summed E-state index contributed by atoms with van der Waals surface area (Å²) in [5, 5.41) is 10.2. The topological polar surface area (TPSA) is 59.7 Å². The van der Waals surface area contributed by atoms with Crippen molar-refractivity contribution in [1.29, 1.82) is 0 Å². The maximum absolute atomic E-state index is 12.0. The second-order valence-electron chi connectivity index (χ2n) is 7.54. The third-order valence-electron chi connectivity index (χ3n) is 5.27. The molecule has 174 valence electrons. The van der Waals surface area contributed by atoms with E-state index in [0.717, 1.165) is 51.5 Å². The fourth-order valence-corrected chi connectivity index (χ4v) is 7.08. The highest BCUT2D eigenvalue weighted by molar-refractivity contribution is 9.11. The number of ether oxygens (including phenoxy) is 1. The number of Topliss-reactive ketones (excluding diaryl/α,β-unsaturated/α-hetero) is 1. The molecule has 1 aliphatic rings. The average molecular weight is 706 g/mol. The molecular formula is C25H22Br4O4. The number of allylic oxidation sites excluding steroid dienone is 2. The number of aliphatic hydroxyl groups excluding tert-OH is 1. The van der Waals surface area contributed by atoms with E-state index in [1.54, 1.807) is 25.5 Å². The normalized spacial score (nSPS) is 14.2. The van der Waals surface area contributed by atoms with Crippen LogP contribution in [0.25, 0.3) is 5.57 Å². The van der Waals surface area contributed by atoms with Crippen molar-refractivity contribution >= 4 is 75.1 Å². The largest absolute Gasteiger partial charge is 0.500 e. The standard InChI is InChI=1S/C13H12Br2O2.C12H10Br2O2/c1-7-5-8(14)6-9(15)12(7)13-10(16)3-4-11(13)17-2;1-7-5-8(13)6-9(14)11(7)12(15)10-3-2-4-16-10/h5-6H,3-4H2,1-2H3;2-6,12,15H,1H3. The molecule has 0 spiro atoms. The number of ketones is 1. The molecule has 0 bridgehead atoms. The first-order valence-electron chi connectivity index (χ1n) is 10.1. The molecule has 0 radical (unpaired) electrons. The van der Waals surface area contributed by atoms with Gasteiger partial charge in [0.05, 0.1) is 18.9 Å². The quantitative estimate of drug-likeness (QED) is 0.296. The van der Waals surface area contributed by atoms with Crippen LogP contribution in [0, 0.1) is 13.8 Å². The third-order valence-corrected chi connectivity index (χ3v) is 7.47. The van der Waals surface area contributed by atoms with Gasteiger partial charge < -0.3 is 14.3 Å². The molecule has 4 nitrogen and oxygen atoms in total. The molecule has 33 heavy (non-hydrogen) atoms. The summed E-state index contributed by atoms with van der Waals surface area (Å²) in [6.45, 7) is 3.95. The van der Waals surface area contributed by atoms with Crippen LogP contribution in [-0.4, -0.2) is 18.0 Å². The van der Waals surface area contributed by atoms with E-state index in [-0.39, 0.29) is 5.78 Å². The van der Waals surface area contributed by atoms with Gasteiger partial charge in [0.15, 0.2) is 5.78 Å². The average Bonchev–Trinajstić information content (AvgIpc) is 3.38. The van der Waals surface area contributed by atoms with Gasteiger partial charge in [-0.05, 0) is 61.4 Å². The molecule has 1 N–H and O–H groups in total. The van der Waals surface area contributed by atoms with Crippen molar-refractivity contribution in [2.24, 2.45) is 0 Å². The Morgan fingerprint density at radius 1 is 0.970 bits per heavy atom. The second kappa shape index (κ2) is 11.5. The van der Waals surface area contributed by atoms with Crippen molar-refractivity contribution in [3.05, 3.63) is 94.3 Å². The van der Waals surface area contributed by atoms with Crippen LogP contribution in [0.1, 0.15) is 47.0 Å². The fourth-order valence-electron chi connectivity index (χ4n) is 3.78. The van der Waals surface area contributed by atoms with E-state index in [2.05, 4.69) is 63.7 Å². The molecule has 0 saturated heterocycles. The first-order valence-corrected chi connectivity index (χ1v) is 13.2. The predicted octanol–water partition coefficient (Wildman–Crippen LogP) is 8.44. The summed E-state index contributed by atoms with van der Waals surface area (Å²) in [7, 11) is 1.62. The Balaban J connectivity index is 0.000000186. The number of benzene rings is 2. The molecule has 0 saturated carbocycles. The van der Waals surface area contributed by atoms with E-state index in [1.165, 1.54) is 0 Å². The van der Waals surface area contributed by atoms with E-state index in [0.29, 0.717) is 18.6 Å². The van der Waals surface area contributed by atoms with Crippen molar-refractivity contribution in [1.82, 2.24) is 0 Å². The lowest BCUT2D eigenvalue weighted by atomic mass is 9.99. The third kappa shape index (κ3) is 6.09. The van der Waals surface area contributed by atoms with Crippen LogP contribution in [0.5, 0.6) is 0 Å². The van der Waals surface area contributed by atoms with Gasteiger partial charge in [-0.25, -0.2) is 0 Å². The number of carbonyl (C=O) groups excluding carboxylic acids is 1. The highest BCUT2D eigenvalue weighted by Crippen LogP contribution is 2.38. The lowest BCUT2D eigenvalue weighted by molar-refractivity contribution is -0.113. The summed E-state index contributed by atoms with van der Waals surface area (Å²) in [6.07, 6.45) is 2.06. The van der Waals surface area contributed by atoms with Crippen molar-refractivity contribution in [3.8, 4) is 0 Å². The minimum absolute atomic E-state index is 0.160. The smallest absolute Gasteiger partial charge is 0.167 e. The van der Waals surface area contributed by atoms with Gasteiger partial charge in [0.1, 0.15) is 17.6 Å². The summed E-state index contributed by atoms with van der Waals surface area (Å²) in [5.74, 6) is 1.50. The van der Waals surface area contributed by atoms with E-state index < -0.39 is 6.10 Å². The van der Waals surface area contributed by atoms with Crippen LogP contribution in [0.4, 0.5) is 0 Å². The number of rotatable bonds is 4. The summed E-state index contributed by atoms with van der Waals surface area (Å²) in [5.41, 5.74) is 4.58. The number of aliphatic hydroxyl groups is 1. The van der Waals surface area contributed by atoms with Gasteiger partial charge >= 0.3 is 0 Å². The molecule has 2 aromatic carbocycles. The number of aryl methyl sites for hydroxylation is 2. The van der Waals surface area contributed by atoms with Gasteiger partial charge in [0.2, 0.25) is 0 Å². The predicted molar refractivity (Wildman–Crippen MR) is 144 cm³/mol.